The third-order valence-electron chi connectivity index (χ3n) is 1.95. The maximum absolute atomic E-state index is 10.2. The molecule has 1 aromatic heterocycles. The molecule has 0 spiro atoms. The van der Waals surface area contributed by atoms with Crippen molar-refractivity contribution >= 4 is 11.5 Å². The minimum Gasteiger partial charge on any atom is -0.376 e. The van der Waals surface area contributed by atoms with E-state index >= 15 is 0 Å². The molecule has 0 fully saturated rings. The minimum absolute atomic E-state index is 0.343. The summed E-state index contributed by atoms with van der Waals surface area (Å²) in [6.07, 6.45) is 4.99. The second kappa shape index (κ2) is 7.97. The number of Topliss-reactive ketones (excluding diaryl/α,β-unsaturated/α-hetero) is 1. The van der Waals surface area contributed by atoms with Crippen LogP contribution < -0.4 is 4.90 Å². The Bertz CT molecular complexity index is 264. The van der Waals surface area contributed by atoms with Crippen molar-refractivity contribution in [2.75, 3.05) is 19.0 Å². The molecule has 84 valence electrons. The van der Waals surface area contributed by atoms with E-state index in [-0.39, 0.29) is 0 Å². The van der Waals surface area contributed by atoms with Gasteiger partial charge in [0, 0.05) is 33.1 Å². The average molecular weight is 208 g/mol. The van der Waals surface area contributed by atoms with Crippen LogP contribution in [0.15, 0.2) is 24.5 Å². The molecular weight excluding hydrogens is 188 g/mol. The number of nitrogens with zero attached hydrogens (tertiary/aromatic N) is 2. The van der Waals surface area contributed by atoms with Gasteiger partial charge in [-0.3, -0.25) is 9.78 Å². The first-order valence-electron chi connectivity index (χ1n) is 5.20. The first kappa shape index (κ1) is 13.6. The molecule has 0 saturated carbocycles. The number of hydrogen-bond donors (Lipinski definition) is 0. The monoisotopic (exact) mass is 208 g/mol. The molecule has 3 heteroatoms. The highest BCUT2D eigenvalue weighted by Gasteiger charge is 1.88. The highest BCUT2D eigenvalue weighted by molar-refractivity contribution is 5.77. The van der Waals surface area contributed by atoms with E-state index < -0.39 is 0 Å². The lowest BCUT2D eigenvalue weighted by Crippen LogP contribution is -2.08. The zero-order valence-corrected chi connectivity index (χ0v) is 10.0. The van der Waals surface area contributed by atoms with Crippen LogP contribution in [0.2, 0.25) is 0 Å². The van der Waals surface area contributed by atoms with Gasteiger partial charge in [0.05, 0.1) is 11.9 Å². The maximum Gasteiger partial charge on any atom is 0.132 e. The number of anilines is 1. The van der Waals surface area contributed by atoms with Crippen molar-refractivity contribution in [2.45, 2.75) is 26.7 Å². The largest absolute Gasteiger partial charge is 0.376 e. The summed E-state index contributed by atoms with van der Waals surface area (Å²) in [7, 11) is 3.99. The van der Waals surface area contributed by atoms with Gasteiger partial charge in [0.2, 0.25) is 0 Å². The number of rotatable bonds is 3. The molecule has 1 aromatic rings. The first-order chi connectivity index (χ1) is 7.11. The molecule has 1 rings (SSSR count). The summed E-state index contributed by atoms with van der Waals surface area (Å²) in [6, 6.07) is 3.95. The summed E-state index contributed by atoms with van der Waals surface area (Å²) in [5, 5.41) is 0. The van der Waals surface area contributed by atoms with Crippen molar-refractivity contribution in [3.8, 4) is 0 Å². The van der Waals surface area contributed by atoms with Gasteiger partial charge in [-0.25, -0.2) is 0 Å². The maximum atomic E-state index is 10.2. The van der Waals surface area contributed by atoms with Crippen LogP contribution in [0.4, 0.5) is 5.69 Å². The third kappa shape index (κ3) is 6.66. The average Bonchev–Trinajstić information content (AvgIpc) is 2.30. The summed E-state index contributed by atoms with van der Waals surface area (Å²) in [5.41, 5.74) is 1.14. The van der Waals surface area contributed by atoms with Gasteiger partial charge < -0.3 is 4.90 Å². The van der Waals surface area contributed by atoms with Gasteiger partial charge in [0.1, 0.15) is 5.78 Å². The molecule has 1 heterocycles. The van der Waals surface area contributed by atoms with Crippen LogP contribution in [0.25, 0.3) is 0 Å². The summed E-state index contributed by atoms with van der Waals surface area (Å²) in [6.45, 7) is 3.76. The Morgan fingerprint density at radius 2 is 1.93 bits per heavy atom. The fraction of sp³-hybridized carbons (Fsp3) is 0.500. The third-order valence-corrected chi connectivity index (χ3v) is 1.95. The fourth-order valence-corrected chi connectivity index (χ4v) is 0.868. The predicted molar refractivity (Wildman–Crippen MR) is 64.2 cm³/mol. The van der Waals surface area contributed by atoms with Gasteiger partial charge in [-0.15, -0.1) is 0 Å². The van der Waals surface area contributed by atoms with Crippen LogP contribution in [-0.4, -0.2) is 24.9 Å². The molecule has 0 amide bonds. The summed E-state index contributed by atoms with van der Waals surface area (Å²) < 4.78 is 0. The Morgan fingerprint density at radius 3 is 2.13 bits per heavy atom. The van der Waals surface area contributed by atoms with Crippen molar-refractivity contribution in [2.24, 2.45) is 0 Å². The van der Waals surface area contributed by atoms with Crippen molar-refractivity contribution < 1.29 is 4.79 Å². The Balaban J connectivity index is 0.000000288. The summed E-state index contributed by atoms with van der Waals surface area (Å²) in [5.74, 6) is 0.343. The van der Waals surface area contributed by atoms with Crippen LogP contribution >= 0.6 is 0 Å². The van der Waals surface area contributed by atoms with Crippen LogP contribution in [0.3, 0.4) is 0 Å². The van der Waals surface area contributed by atoms with E-state index in [0.717, 1.165) is 5.69 Å². The first-order valence-corrected chi connectivity index (χ1v) is 5.20. The number of hydrogen-bond acceptors (Lipinski definition) is 3. The number of carbonyl (C=O) groups is 1. The number of carbonyl (C=O) groups excluding carboxylic acids is 1. The molecule has 3 nitrogen and oxygen atoms in total. The molecule has 0 N–H and O–H groups in total. The van der Waals surface area contributed by atoms with Gasteiger partial charge in [0.15, 0.2) is 0 Å². The van der Waals surface area contributed by atoms with Gasteiger partial charge in [0.25, 0.3) is 0 Å². The van der Waals surface area contributed by atoms with Crippen molar-refractivity contribution in [3.05, 3.63) is 24.5 Å². The van der Waals surface area contributed by atoms with E-state index in [2.05, 4.69) is 4.98 Å². The Hall–Kier alpha value is -1.38. The molecule has 0 aliphatic carbocycles. The minimum atomic E-state index is 0.343. The topological polar surface area (TPSA) is 33.2 Å². The molecule has 0 atom stereocenters. The predicted octanol–water partition coefficient (Wildman–Crippen LogP) is 2.52. The van der Waals surface area contributed by atoms with Crippen LogP contribution in [0, 0.1) is 0 Å². The molecule has 15 heavy (non-hydrogen) atoms. The zero-order valence-electron chi connectivity index (χ0n) is 10.0. The molecule has 0 unspecified atom stereocenters. The normalized spacial score (nSPS) is 8.80. The second-order valence-electron chi connectivity index (χ2n) is 3.35. The van der Waals surface area contributed by atoms with Crippen molar-refractivity contribution in [3.63, 3.8) is 0 Å². The lowest BCUT2D eigenvalue weighted by molar-refractivity contribution is -0.118. The lowest BCUT2D eigenvalue weighted by atomic mass is 10.3. The molecule has 0 bridgehead atoms. The molecule has 0 radical (unpaired) electrons. The quantitative estimate of drug-likeness (QED) is 0.765. The van der Waals surface area contributed by atoms with Gasteiger partial charge >= 0.3 is 0 Å². The molecule has 0 aliphatic heterocycles. The Kier molecular flexibility index (Phi) is 7.24. The fourth-order valence-electron chi connectivity index (χ4n) is 0.868. The van der Waals surface area contributed by atoms with Gasteiger partial charge in [-0.05, 0) is 12.1 Å². The standard InChI is InChI=1S/C7H10N2.C5H10O/c1-9(2)7-4-3-5-8-6-7;1-3-5(6)4-2/h3-6H,1-2H3;3-4H2,1-2H3. The summed E-state index contributed by atoms with van der Waals surface area (Å²) in [4.78, 5) is 16.2. The van der Waals surface area contributed by atoms with Crippen molar-refractivity contribution in [1.82, 2.24) is 4.98 Å². The van der Waals surface area contributed by atoms with Gasteiger partial charge in [-0.1, -0.05) is 13.8 Å². The van der Waals surface area contributed by atoms with E-state index in [1.165, 1.54) is 0 Å². The highest BCUT2D eigenvalue weighted by Crippen LogP contribution is 2.05. The van der Waals surface area contributed by atoms with E-state index in [1.807, 2.05) is 51.2 Å². The zero-order chi connectivity index (χ0) is 11.7. The van der Waals surface area contributed by atoms with E-state index in [0.29, 0.717) is 18.6 Å². The molecule has 0 saturated heterocycles. The van der Waals surface area contributed by atoms with Gasteiger partial charge in [-0.2, -0.15) is 0 Å². The Labute approximate surface area is 92.1 Å². The van der Waals surface area contributed by atoms with Crippen LogP contribution in [-0.2, 0) is 4.79 Å². The summed E-state index contributed by atoms with van der Waals surface area (Å²) >= 11 is 0. The van der Waals surface area contributed by atoms with E-state index in [9.17, 15) is 4.79 Å². The lowest BCUT2D eigenvalue weighted by Gasteiger charge is -2.09. The number of pyridine rings is 1. The molecule has 0 aromatic carbocycles. The molecule has 0 aliphatic rings. The Morgan fingerprint density at radius 1 is 1.33 bits per heavy atom. The van der Waals surface area contributed by atoms with Crippen LogP contribution in [0.5, 0.6) is 0 Å². The van der Waals surface area contributed by atoms with E-state index in [1.54, 1.807) is 6.20 Å². The smallest absolute Gasteiger partial charge is 0.132 e. The van der Waals surface area contributed by atoms with Crippen LogP contribution in [0.1, 0.15) is 26.7 Å². The second-order valence-corrected chi connectivity index (χ2v) is 3.35. The van der Waals surface area contributed by atoms with Crippen molar-refractivity contribution in [1.29, 1.82) is 0 Å². The SMILES string of the molecule is CCC(=O)CC.CN(C)c1cccnc1. The number of aromatic nitrogens is 1. The molecular formula is C12H20N2O. The number of ketones is 1. The van der Waals surface area contributed by atoms with E-state index in [4.69, 9.17) is 0 Å². The highest BCUT2D eigenvalue weighted by atomic mass is 16.1.